The van der Waals surface area contributed by atoms with Crippen LogP contribution in [-0.4, -0.2) is 52.8 Å². The second-order valence-corrected chi connectivity index (χ2v) is 8.18. The van der Waals surface area contributed by atoms with Crippen molar-refractivity contribution in [3.63, 3.8) is 0 Å². The number of aromatic amines is 1. The van der Waals surface area contributed by atoms with Gasteiger partial charge in [-0.25, -0.2) is 9.97 Å². The number of aromatic hydroxyl groups is 1. The average Bonchev–Trinajstić information content (AvgIpc) is 3.14. The number of hydrogen-bond donors (Lipinski definition) is 5. The number of phenols is 1. The minimum atomic E-state index is 0.142. The molecule has 0 aliphatic carbocycles. The summed E-state index contributed by atoms with van der Waals surface area (Å²) in [6.45, 7) is 5.32. The molecule has 1 saturated heterocycles. The van der Waals surface area contributed by atoms with Gasteiger partial charge < -0.3 is 36.7 Å². The number of benzene rings is 1. The lowest BCUT2D eigenvalue weighted by molar-refractivity contribution is 0.473. The lowest BCUT2D eigenvalue weighted by Crippen LogP contribution is -2.43. The SMILES string of the molecule is N/C(=C\c1c(N)[nH]c2c1CN(c1ncc(N3CCNCC3)cn1)CC2)c1ccccc1O. The minimum absolute atomic E-state index is 0.142. The van der Waals surface area contributed by atoms with Gasteiger partial charge in [-0.3, -0.25) is 0 Å². The van der Waals surface area contributed by atoms with Crippen LogP contribution >= 0.6 is 0 Å². The highest BCUT2D eigenvalue weighted by Crippen LogP contribution is 2.32. The first kappa shape index (κ1) is 20.2. The van der Waals surface area contributed by atoms with Gasteiger partial charge in [-0.15, -0.1) is 0 Å². The third-order valence-corrected chi connectivity index (χ3v) is 6.15. The lowest BCUT2D eigenvalue weighted by atomic mass is 10.0. The second kappa shape index (κ2) is 8.43. The lowest BCUT2D eigenvalue weighted by Gasteiger charge is -2.30. The van der Waals surface area contributed by atoms with E-state index in [-0.39, 0.29) is 5.75 Å². The summed E-state index contributed by atoms with van der Waals surface area (Å²) in [4.78, 5) is 17.0. The van der Waals surface area contributed by atoms with E-state index >= 15 is 0 Å². The Bertz CT molecular complexity index is 1130. The van der Waals surface area contributed by atoms with E-state index in [0.717, 1.165) is 61.7 Å². The Morgan fingerprint density at radius 1 is 1.06 bits per heavy atom. The van der Waals surface area contributed by atoms with Crippen LogP contribution in [0.2, 0.25) is 0 Å². The van der Waals surface area contributed by atoms with E-state index in [2.05, 4.69) is 30.1 Å². The Labute approximate surface area is 186 Å². The molecule has 0 saturated carbocycles. The van der Waals surface area contributed by atoms with Crippen molar-refractivity contribution in [1.29, 1.82) is 0 Å². The number of para-hydroxylation sites is 1. The maximum absolute atomic E-state index is 10.1. The van der Waals surface area contributed by atoms with Crippen molar-refractivity contribution in [1.82, 2.24) is 20.3 Å². The van der Waals surface area contributed by atoms with Crippen LogP contribution in [0.5, 0.6) is 5.75 Å². The second-order valence-electron chi connectivity index (χ2n) is 8.18. The van der Waals surface area contributed by atoms with Gasteiger partial charge in [0.15, 0.2) is 0 Å². The fraction of sp³-hybridized carbons (Fsp3) is 0.304. The Morgan fingerprint density at radius 2 is 1.81 bits per heavy atom. The predicted molar refractivity (Wildman–Crippen MR) is 127 cm³/mol. The van der Waals surface area contributed by atoms with Gasteiger partial charge >= 0.3 is 0 Å². The van der Waals surface area contributed by atoms with Crippen LogP contribution in [0.15, 0.2) is 36.7 Å². The fourth-order valence-electron chi connectivity index (χ4n) is 4.39. The summed E-state index contributed by atoms with van der Waals surface area (Å²) >= 11 is 0. The molecule has 0 atom stereocenters. The quantitative estimate of drug-likeness (QED) is 0.419. The zero-order valence-corrected chi connectivity index (χ0v) is 17.9. The number of fused-ring (bicyclic) bond motifs is 1. The van der Waals surface area contributed by atoms with Crippen LogP contribution in [0.4, 0.5) is 17.5 Å². The molecular weight excluding hydrogens is 404 g/mol. The number of piperazine rings is 1. The summed E-state index contributed by atoms with van der Waals surface area (Å²) in [5, 5.41) is 13.5. The summed E-state index contributed by atoms with van der Waals surface area (Å²) in [5.41, 5.74) is 17.7. The van der Waals surface area contributed by atoms with E-state index in [0.29, 0.717) is 29.6 Å². The number of nitrogens with one attached hydrogen (secondary N) is 2. The Hall–Kier alpha value is -3.72. The number of H-pyrrole nitrogens is 1. The van der Waals surface area contributed by atoms with Crippen LogP contribution in [0.3, 0.4) is 0 Å². The van der Waals surface area contributed by atoms with Crippen molar-refractivity contribution in [3.05, 3.63) is 59.0 Å². The van der Waals surface area contributed by atoms with E-state index < -0.39 is 0 Å². The van der Waals surface area contributed by atoms with Crippen molar-refractivity contribution < 1.29 is 5.11 Å². The molecule has 166 valence electrons. The third kappa shape index (κ3) is 3.82. The average molecular weight is 433 g/mol. The van der Waals surface area contributed by atoms with E-state index in [1.54, 1.807) is 18.2 Å². The number of hydrogen-bond acceptors (Lipinski definition) is 8. The number of anilines is 3. The zero-order chi connectivity index (χ0) is 22.1. The molecule has 0 unspecified atom stereocenters. The maximum atomic E-state index is 10.1. The molecular formula is C23H28N8O. The molecule has 2 aliphatic rings. The molecule has 9 heteroatoms. The highest BCUT2D eigenvalue weighted by Gasteiger charge is 2.24. The summed E-state index contributed by atoms with van der Waals surface area (Å²) in [7, 11) is 0. The Morgan fingerprint density at radius 3 is 2.56 bits per heavy atom. The van der Waals surface area contributed by atoms with Crippen LogP contribution < -0.4 is 26.6 Å². The largest absolute Gasteiger partial charge is 0.507 e. The van der Waals surface area contributed by atoms with Gasteiger partial charge in [0.05, 0.1) is 18.1 Å². The summed E-state index contributed by atoms with van der Waals surface area (Å²) in [5.74, 6) is 1.42. The van der Waals surface area contributed by atoms with Crippen molar-refractivity contribution >= 4 is 29.2 Å². The Kier molecular flexibility index (Phi) is 5.32. The molecule has 1 aromatic carbocycles. The Balaban J connectivity index is 1.39. The number of nitrogens with two attached hydrogens (primary N) is 2. The molecule has 4 heterocycles. The highest BCUT2D eigenvalue weighted by atomic mass is 16.3. The third-order valence-electron chi connectivity index (χ3n) is 6.15. The molecule has 0 bridgehead atoms. The van der Waals surface area contributed by atoms with Crippen molar-refractivity contribution in [2.75, 3.05) is 48.3 Å². The predicted octanol–water partition coefficient (Wildman–Crippen LogP) is 1.52. The minimum Gasteiger partial charge on any atom is -0.507 e. The van der Waals surface area contributed by atoms with Crippen molar-refractivity contribution in [3.8, 4) is 5.75 Å². The molecule has 0 radical (unpaired) electrons. The number of nitrogen functional groups attached to an aromatic ring is 1. The van der Waals surface area contributed by atoms with Gasteiger partial charge in [0.2, 0.25) is 5.95 Å². The van der Waals surface area contributed by atoms with Crippen molar-refractivity contribution in [2.45, 2.75) is 13.0 Å². The van der Waals surface area contributed by atoms with Crippen LogP contribution in [0.25, 0.3) is 11.8 Å². The van der Waals surface area contributed by atoms with Gasteiger partial charge in [-0.05, 0) is 18.2 Å². The molecule has 0 amide bonds. The molecule has 3 aromatic rings. The number of aromatic nitrogens is 3. The van der Waals surface area contributed by atoms with Gasteiger partial charge in [0.25, 0.3) is 0 Å². The van der Waals surface area contributed by atoms with E-state index in [9.17, 15) is 5.11 Å². The molecule has 1 fully saturated rings. The molecule has 0 spiro atoms. The van der Waals surface area contributed by atoms with Crippen LogP contribution in [0, 0.1) is 0 Å². The van der Waals surface area contributed by atoms with E-state index in [1.165, 1.54) is 0 Å². The zero-order valence-electron chi connectivity index (χ0n) is 17.9. The summed E-state index contributed by atoms with van der Waals surface area (Å²) in [6, 6.07) is 7.02. The molecule has 7 N–H and O–H groups in total. The molecule has 32 heavy (non-hydrogen) atoms. The summed E-state index contributed by atoms with van der Waals surface area (Å²) in [6.07, 6.45) is 6.46. The van der Waals surface area contributed by atoms with Crippen LogP contribution in [-0.2, 0) is 13.0 Å². The maximum Gasteiger partial charge on any atom is 0.225 e. The van der Waals surface area contributed by atoms with Gasteiger partial charge in [0.1, 0.15) is 11.6 Å². The number of nitrogens with zero attached hydrogens (tertiary/aromatic N) is 4. The smallest absolute Gasteiger partial charge is 0.225 e. The number of phenolic OH excluding ortho intramolecular Hbond substituents is 1. The van der Waals surface area contributed by atoms with Gasteiger partial charge in [0, 0.05) is 73.8 Å². The first-order valence-corrected chi connectivity index (χ1v) is 10.9. The molecule has 2 aromatic heterocycles. The van der Waals surface area contributed by atoms with Gasteiger partial charge in [-0.1, -0.05) is 12.1 Å². The van der Waals surface area contributed by atoms with Crippen molar-refractivity contribution in [2.24, 2.45) is 5.73 Å². The summed E-state index contributed by atoms with van der Waals surface area (Å²) < 4.78 is 0. The normalized spacial score (nSPS) is 16.8. The topological polar surface area (TPSA) is 132 Å². The van der Waals surface area contributed by atoms with E-state index in [1.807, 2.05) is 24.5 Å². The molecule has 9 nitrogen and oxygen atoms in total. The van der Waals surface area contributed by atoms with E-state index in [4.69, 9.17) is 11.5 Å². The van der Waals surface area contributed by atoms with Crippen LogP contribution in [0.1, 0.15) is 22.4 Å². The molecule has 2 aliphatic heterocycles. The highest BCUT2D eigenvalue weighted by molar-refractivity contribution is 5.86. The van der Waals surface area contributed by atoms with Gasteiger partial charge in [-0.2, -0.15) is 0 Å². The first-order valence-electron chi connectivity index (χ1n) is 10.9. The standard InChI is InChI=1S/C23H28N8O/c24-19(16-3-1-2-4-21(16)32)11-17-18-14-31(8-5-20(18)29-22(17)25)23-27-12-15(13-28-23)30-9-6-26-7-10-30/h1-4,11-13,26,29,32H,5-10,14,24-25H2/b19-11-. The fourth-order valence-corrected chi connectivity index (χ4v) is 4.39. The monoisotopic (exact) mass is 432 g/mol. The molecule has 5 rings (SSSR count). The number of rotatable bonds is 4. The first-order chi connectivity index (χ1) is 15.6.